The van der Waals surface area contributed by atoms with Crippen LogP contribution in [-0.4, -0.2) is 36.0 Å². The fraction of sp³-hybridized carbons (Fsp3) is 0.773. The highest BCUT2D eigenvalue weighted by Gasteiger charge is 2.29. The van der Waals surface area contributed by atoms with Crippen LogP contribution in [0.2, 0.25) is 0 Å². The number of allylic oxidation sites excluding steroid dienone is 1. The van der Waals surface area contributed by atoms with Gasteiger partial charge in [0.1, 0.15) is 0 Å². The van der Waals surface area contributed by atoms with E-state index >= 15 is 0 Å². The molecule has 1 heterocycles. The molecule has 1 aliphatic rings. The minimum absolute atomic E-state index is 0.0342. The Labute approximate surface area is 159 Å². The molecule has 0 aromatic carbocycles. The zero-order valence-corrected chi connectivity index (χ0v) is 17.3. The number of carbonyl (C=O) groups is 1. The zero-order valence-electron chi connectivity index (χ0n) is 17.3. The summed E-state index contributed by atoms with van der Waals surface area (Å²) in [7, 11) is 0. The highest BCUT2D eigenvalue weighted by molar-refractivity contribution is 5.75. The summed E-state index contributed by atoms with van der Waals surface area (Å²) in [4.78, 5) is 11.7. The Hall–Kier alpha value is -1.13. The van der Waals surface area contributed by atoms with Gasteiger partial charge in [-0.3, -0.25) is 4.79 Å². The maximum atomic E-state index is 11.7. The predicted molar refractivity (Wildman–Crippen MR) is 106 cm³/mol. The van der Waals surface area contributed by atoms with E-state index in [1.807, 2.05) is 27.7 Å². The monoisotopic (exact) mass is 366 g/mol. The number of aliphatic hydroxyl groups is 1. The lowest BCUT2D eigenvalue weighted by Crippen LogP contribution is -2.23. The van der Waals surface area contributed by atoms with Gasteiger partial charge in [0, 0.05) is 0 Å². The van der Waals surface area contributed by atoms with Crippen molar-refractivity contribution in [3.05, 3.63) is 24.3 Å². The van der Waals surface area contributed by atoms with E-state index in [2.05, 4.69) is 20.1 Å². The van der Waals surface area contributed by atoms with Gasteiger partial charge in [-0.05, 0) is 77.7 Å². The molecule has 0 aromatic rings. The summed E-state index contributed by atoms with van der Waals surface area (Å²) in [5, 5.41) is 10.2. The first-order valence-electron chi connectivity index (χ1n) is 9.84. The van der Waals surface area contributed by atoms with E-state index in [0.717, 1.165) is 49.7 Å². The topological polar surface area (TPSA) is 55.8 Å². The first-order chi connectivity index (χ1) is 12.0. The van der Waals surface area contributed by atoms with Gasteiger partial charge in [-0.1, -0.05) is 25.7 Å². The summed E-state index contributed by atoms with van der Waals surface area (Å²) in [6.07, 6.45) is 4.64. The summed E-state index contributed by atoms with van der Waals surface area (Å²) in [5.74, 6) is 0.173. The van der Waals surface area contributed by atoms with Gasteiger partial charge in [0.25, 0.3) is 0 Å². The molecule has 1 fully saturated rings. The Bertz CT molecular complexity index is 489. The molecule has 1 rings (SSSR count). The van der Waals surface area contributed by atoms with Gasteiger partial charge in [-0.15, -0.1) is 0 Å². The molecule has 1 saturated heterocycles. The van der Waals surface area contributed by atoms with E-state index in [9.17, 15) is 9.90 Å². The highest BCUT2D eigenvalue weighted by atomic mass is 16.5. The number of esters is 1. The molecule has 1 aliphatic heterocycles. The maximum Gasteiger partial charge on any atom is 0.311 e. The highest BCUT2D eigenvalue weighted by Crippen LogP contribution is 2.31. The van der Waals surface area contributed by atoms with Crippen molar-refractivity contribution in [1.29, 1.82) is 0 Å². The van der Waals surface area contributed by atoms with Crippen LogP contribution in [0.15, 0.2) is 24.3 Å². The van der Waals surface area contributed by atoms with E-state index in [1.165, 1.54) is 0 Å². The van der Waals surface area contributed by atoms with Crippen molar-refractivity contribution >= 4 is 5.97 Å². The van der Waals surface area contributed by atoms with Gasteiger partial charge in [0.15, 0.2) is 0 Å². The maximum absolute atomic E-state index is 11.7. The molecule has 26 heavy (non-hydrogen) atoms. The van der Waals surface area contributed by atoms with Crippen molar-refractivity contribution < 1.29 is 19.4 Å². The van der Waals surface area contributed by atoms with Crippen LogP contribution >= 0.6 is 0 Å². The lowest BCUT2D eigenvalue weighted by molar-refractivity contribution is -0.153. The summed E-state index contributed by atoms with van der Waals surface area (Å²) >= 11 is 0. The average Bonchev–Trinajstić information content (AvgIpc) is 2.88. The van der Waals surface area contributed by atoms with Crippen LogP contribution in [0.1, 0.15) is 73.1 Å². The van der Waals surface area contributed by atoms with Gasteiger partial charge in [-0.2, -0.15) is 0 Å². The van der Waals surface area contributed by atoms with Crippen molar-refractivity contribution in [2.45, 2.75) is 91.5 Å². The average molecular weight is 367 g/mol. The Morgan fingerprint density at radius 2 is 2.04 bits per heavy atom. The minimum Gasteiger partial charge on any atom is -0.465 e. The summed E-state index contributed by atoms with van der Waals surface area (Å²) < 4.78 is 11.4. The first kappa shape index (κ1) is 22.9. The lowest BCUT2D eigenvalue weighted by atomic mass is 9.93. The zero-order chi connectivity index (χ0) is 19.9. The number of hydrogen-bond acceptors (Lipinski definition) is 4. The SMILES string of the molecule is C=C(C)C(C)C[C@H](O)CCC1O[C@@H](CCCOC(=O)C(C)(C)C)CC1=C. The predicted octanol–water partition coefficient (Wildman–Crippen LogP) is 4.81. The first-order valence-corrected chi connectivity index (χ1v) is 9.84. The van der Waals surface area contributed by atoms with Gasteiger partial charge in [-0.25, -0.2) is 0 Å². The molecular weight excluding hydrogens is 328 g/mol. The minimum atomic E-state index is -0.453. The Kier molecular flexibility index (Phi) is 9.05. The van der Waals surface area contributed by atoms with E-state index in [4.69, 9.17) is 9.47 Å². The molecule has 150 valence electrons. The van der Waals surface area contributed by atoms with Crippen LogP contribution in [0.25, 0.3) is 0 Å². The van der Waals surface area contributed by atoms with E-state index < -0.39 is 5.41 Å². The molecule has 0 spiro atoms. The Morgan fingerprint density at radius 3 is 2.62 bits per heavy atom. The summed E-state index contributed by atoms with van der Waals surface area (Å²) in [5.41, 5.74) is 1.77. The molecule has 4 heteroatoms. The van der Waals surface area contributed by atoms with Crippen LogP contribution in [0.4, 0.5) is 0 Å². The van der Waals surface area contributed by atoms with Gasteiger partial charge < -0.3 is 14.6 Å². The fourth-order valence-electron chi connectivity index (χ4n) is 3.01. The molecular formula is C22H38O4. The van der Waals surface area contributed by atoms with Crippen LogP contribution < -0.4 is 0 Å². The molecule has 0 aliphatic carbocycles. The van der Waals surface area contributed by atoms with Crippen molar-refractivity contribution in [2.75, 3.05) is 6.61 Å². The molecule has 4 nitrogen and oxygen atoms in total. The third-order valence-corrected chi connectivity index (χ3v) is 5.05. The third-order valence-electron chi connectivity index (χ3n) is 5.05. The van der Waals surface area contributed by atoms with Gasteiger partial charge in [0.2, 0.25) is 0 Å². The standard InChI is InChI=1S/C22H38O4/c1-15(2)16(3)13-18(23)10-11-20-17(4)14-19(26-20)9-8-12-25-21(24)22(5,6)7/h16,18-20,23H,1,4,8-14H2,2-3,5-7H3/t16?,18-,19+,20?/m1/s1. The lowest BCUT2D eigenvalue weighted by Gasteiger charge is -2.19. The van der Waals surface area contributed by atoms with Crippen LogP contribution in [-0.2, 0) is 14.3 Å². The quantitative estimate of drug-likeness (QED) is 0.342. The fourth-order valence-corrected chi connectivity index (χ4v) is 3.01. The molecule has 0 radical (unpaired) electrons. The second kappa shape index (κ2) is 10.3. The van der Waals surface area contributed by atoms with E-state index in [0.29, 0.717) is 12.5 Å². The van der Waals surface area contributed by atoms with Gasteiger partial charge >= 0.3 is 5.97 Å². The van der Waals surface area contributed by atoms with Crippen molar-refractivity contribution in [2.24, 2.45) is 11.3 Å². The molecule has 0 aromatic heterocycles. The molecule has 0 bridgehead atoms. The number of hydrogen-bond donors (Lipinski definition) is 1. The molecule has 4 atom stereocenters. The largest absolute Gasteiger partial charge is 0.465 e. The van der Waals surface area contributed by atoms with Gasteiger partial charge in [0.05, 0.1) is 30.3 Å². The smallest absolute Gasteiger partial charge is 0.311 e. The molecule has 1 N–H and O–H groups in total. The Morgan fingerprint density at radius 1 is 1.38 bits per heavy atom. The van der Waals surface area contributed by atoms with Crippen LogP contribution in [0, 0.1) is 11.3 Å². The van der Waals surface area contributed by atoms with E-state index in [1.54, 1.807) is 0 Å². The second-order valence-electron chi connectivity index (χ2n) is 8.85. The number of rotatable bonds is 10. The Balaban J connectivity index is 2.25. The van der Waals surface area contributed by atoms with Crippen LogP contribution in [0.3, 0.4) is 0 Å². The number of carbonyl (C=O) groups excluding carboxylic acids is 1. The van der Waals surface area contributed by atoms with Crippen molar-refractivity contribution in [3.8, 4) is 0 Å². The summed E-state index contributed by atoms with van der Waals surface area (Å²) in [6, 6.07) is 0. The molecule has 0 saturated carbocycles. The van der Waals surface area contributed by atoms with Crippen LogP contribution in [0.5, 0.6) is 0 Å². The summed E-state index contributed by atoms with van der Waals surface area (Å²) in [6.45, 7) is 18.2. The van der Waals surface area contributed by atoms with Crippen molar-refractivity contribution in [3.63, 3.8) is 0 Å². The number of ether oxygens (including phenoxy) is 2. The van der Waals surface area contributed by atoms with E-state index in [-0.39, 0.29) is 24.3 Å². The third kappa shape index (κ3) is 8.05. The normalized spacial score (nSPS) is 22.9. The molecule has 0 amide bonds. The number of aliphatic hydroxyl groups excluding tert-OH is 1. The van der Waals surface area contributed by atoms with Crippen molar-refractivity contribution in [1.82, 2.24) is 0 Å². The molecule has 2 unspecified atom stereocenters. The second-order valence-corrected chi connectivity index (χ2v) is 8.85.